The van der Waals surface area contributed by atoms with Gasteiger partial charge in [-0.15, -0.1) is 0 Å². The SMILES string of the molecule is CC.CC(C)(C=NCc1cccnc1)CN. The Morgan fingerprint density at radius 2 is 2.12 bits per heavy atom. The Kier molecular flexibility index (Phi) is 7.38. The van der Waals surface area contributed by atoms with Crippen molar-refractivity contribution < 1.29 is 0 Å². The summed E-state index contributed by atoms with van der Waals surface area (Å²) in [6.45, 7) is 9.43. The van der Waals surface area contributed by atoms with Crippen molar-refractivity contribution in [1.82, 2.24) is 4.98 Å². The molecule has 0 spiro atoms. The molecule has 0 aliphatic heterocycles. The molecular weight excluding hydrogens is 198 g/mol. The van der Waals surface area contributed by atoms with E-state index in [1.165, 1.54) is 0 Å². The summed E-state index contributed by atoms with van der Waals surface area (Å²) in [6, 6.07) is 3.93. The molecule has 1 aromatic heterocycles. The number of hydrogen-bond acceptors (Lipinski definition) is 3. The molecule has 90 valence electrons. The zero-order valence-electron chi connectivity index (χ0n) is 10.8. The second-order valence-electron chi connectivity index (χ2n) is 4.02. The van der Waals surface area contributed by atoms with Crippen LogP contribution in [0.15, 0.2) is 29.5 Å². The molecule has 3 nitrogen and oxygen atoms in total. The van der Waals surface area contributed by atoms with Crippen LogP contribution in [0.5, 0.6) is 0 Å². The summed E-state index contributed by atoms with van der Waals surface area (Å²) >= 11 is 0. The van der Waals surface area contributed by atoms with E-state index in [1.807, 2.05) is 38.4 Å². The van der Waals surface area contributed by atoms with E-state index in [4.69, 9.17) is 5.73 Å². The van der Waals surface area contributed by atoms with Crippen LogP contribution in [-0.4, -0.2) is 17.7 Å². The van der Waals surface area contributed by atoms with E-state index in [9.17, 15) is 0 Å². The lowest BCUT2D eigenvalue weighted by Crippen LogP contribution is -2.24. The third-order valence-corrected chi connectivity index (χ3v) is 1.96. The Labute approximate surface area is 98.8 Å². The van der Waals surface area contributed by atoms with E-state index in [-0.39, 0.29) is 5.41 Å². The first-order chi connectivity index (χ1) is 7.64. The molecule has 0 bridgehead atoms. The molecule has 0 unspecified atom stereocenters. The van der Waals surface area contributed by atoms with Crippen LogP contribution in [0, 0.1) is 5.41 Å². The zero-order valence-corrected chi connectivity index (χ0v) is 10.8. The third kappa shape index (κ3) is 6.30. The number of nitrogens with zero attached hydrogens (tertiary/aromatic N) is 2. The minimum atomic E-state index is -0.0117. The molecule has 16 heavy (non-hydrogen) atoms. The Bertz CT molecular complexity index is 291. The van der Waals surface area contributed by atoms with Crippen LogP contribution in [0.3, 0.4) is 0 Å². The molecule has 0 aromatic carbocycles. The predicted octanol–water partition coefficient (Wildman–Crippen LogP) is 2.66. The van der Waals surface area contributed by atoms with Gasteiger partial charge in [-0.3, -0.25) is 9.98 Å². The number of aromatic nitrogens is 1. The first-order valence-corrected chi connectivity index (χ1v) is 5.74. The molecule has 1 rings (SSSR count). The van der Waals surface area contributed by atoms with Gasteiger partial charge in [0.25, 0.3) is 0 Å². The maximum atomic E-state index is 5.58. The molecule has 2 N–H and O–H groups in total. The van der Waals surface area contributed by atoms with Crippen molar-refractivity contribution in [2.24, 2.45) is 16.1 Å². The molecule has 1 aromatic rings. The highest BCUT2D eigenvalue weighted by atomic mass is 14.7. The van der Waals surface area contributed by atoms with Crippen LogP contribution in [0.1, 0.15) is 33.3 Å². The van der Waals surface area contributed by atoms with Gasteiger partial charge in [-0.1, -0.05) is 33.8 Å². The van der Waals surface area contributed by atoms with E-state index < -0.39 is 0 Å². The Hall–Kier alpha value is -1.22. The van der Waals surface area contributed by atoms with Crippen molar-refractivity contribution in [2.75, 3.05) is 6.54 Å². The minimum absolute atomic E-state index is 0.0117. The van der Waals surface area contributed by atoms with Gasteiger partial charge in [-0.2, -0.15) is 0 Å². The Morgan fingerprint density at radius 3 is 2.62 bits per heavy atom. The van der Waals surface area contributed by atoms with Gasteiger partial charge in [0.15, 0.2) is 0 Å². The van der Waals surface area contributed by atoms with E-state index in [2.05, 4.69) is 23.8 Å². The number of hydrogen-bond donors (Lipinski definition) is 1. The minimum Gasteiger partial charge on any atom is -0.330 e. The van der Waals surface area contributed by atoms with Crippen LogP contribution in [0.2, 0.25) is 0 Å². The molecule has 0 saturated carbocycles. The van der Waals surface area contributed by atoms with Gasteiger partial charge >= 0.3 is 0 Å². The molecule has 1 heterocycles. The summed E-state index contributed by atoms with van der Waals surface area (Å²) in [7, 11) is 0. The van der Waals surface area contributed by atoms with Gasteiger partial charge in [0.1, 0.15) is 0 Å². The second kappa shape index (κ2) is 7.99. The van der Waals surface area contributed by atoms with Crippen LogP contribution >= 0.6 is 0 Å². The average molecular weight is 221 g/mol. The standard InChI is InChI=1S/C11H17N3.C2H6/c1-11(2,8-12)9-14-7-10-4-3-5-13-6-10;1-2/h3-6,9H,7-8,12H2,1-2H3;1-2H3. The molecular formula is C13H23N3. The van der Waals surface area contributed by atoms with E-state index in [0.717, 1.165) is 5.56 Å². The highest BCUT2D eigenvalue weighted by Gasteiger charge is 2.10. The monoisotopic (exact) mass is 221 g/mol. The van der Waals surface area contributed by atoms with Gasteiger partial charge < -0.3 is 5.73 Å². The van der Waals surface area contributed by atoms with Crippen molar-refractivity contribution in [1.29, 1.82) is 0 Å². The van der Waals surface area contributed by atoms with Gasteiger partial charge in [0, 0.05) is 30.6 Å². The number of pyridine rings is 1. The molecule has 3 heteroatoms. The predicted molar refractivity (Wildman–Crippen MR) is 70.6 cm³/mol. The number of nitrogens with two attached hydrogens (primary N) is 1. The number of aliphatic imine (C=N–C) groups is 1. The zero-order chi connectivity index (χ0) is 12.4. The highest BCUT2D eigenvalue weighted by Crippen LogP contribution is 2.08. The summed E-state index contributed by atoms with van der Waals surface area (Å²) in [5.41, 5.74) is 6.69. The lowest BCUT2D eigenvalue weighted by Gasteiger charge is -2.15. The van der Waals surface area contributed by atoms with Crippen molar-refractivity contribution >= 4 is 6.21 Å². The summed E-state index contributed by atoms with van der Waals surface area (Å²) < 4.78 is 0. The van der Waals surface area contributed by atoms with Crippen LogP contribution in [0.4, 0.5) is 0 Å². The topological polar surface area (TPSA) is 51.3 Å². The van der Waals surface area contributed by atoms with E-state index in [1.54, 1.807) is 6.20 Å². The van der Waals surface area contributed by atoms with Gasteiger partial charge in [-0.25, -0.2) is 0 Å². The fraction of sp³-hybridized carbons (Fsp3) is 0.538. The summed E-state index contributed by atoms with van der Waals surface area (Å²) in [6.07, 6.45) is 5.50. The normalized spacial score (nSPS) is 11.1. The molecule has 0 amide bonds. The van der Waals surface area contributed by atoms with Gasteiger partial charge in [0.05, 0.1) is 6.54 Å². The van der Waals surface area contributed by atoms with Crippen molar-refractivity contribution in [3.8, 4) is 0 Å². The second-order valence-corrected chi connectivity index (χ2v) is 4.02. The van der Waals surface area contributed by atoms with Crippen LogP contribution in [-0.2, 0) is 6.54 Å². The Balaban J connectivity index is 0.00000106. The van der Waals surface area contributed by atoms with Gasteiger partial charge in [0.2, 0.25) is 0 Å². The molecule has 0 aliphatic carbocycles. The first-order valence-electron chi connectivity index (χ1n) is 5.74. The Morgan fingerprint density at radius 1 is 1.44 bits per heavy atom. The van der Waals surface area contributed by atoms with Gasteiger partial charge in [-0.05, 0) is 11.6 Å². The molecule has 0 aliphatic rings. The van der Waals surface area contributed by atoms with Crippen molar-refractivity contribution in [3.63, 3.8) is 0 Å². The van der Waals surface area contributed by atoms with Crippen LogP contribution < -0.4 is 5.73 Å². The fourth-order valence-electron chi connectivity index (χ4n) is 0.943. The number of rotatable bonds is 4. The molecule has 0 atom stereocenters. The third-order valence-electron chi connectivity index (χ3n) is 1.96. The lowest BCUT2D eigenvalue weighted by atomic mass is 9.96. The van der Waals surface area contributed by atoms with Crippen LogP contribution in [0.25, 0.3) is 0 Å². The summed E-state index contributed by atoms with van der Waals surface area (Å²) in [5.74, 6) is 0. The van der Waals surface area contributed by atoms with E-state index >= 15 is 0 Å². The van der Waals surface area contributed by atoms with Crippen molar-refractivity contribution in [2.45, 2.75) is 34.2 Å². The molecule has 0 fully saturated rings. The molecule has 0 saturated heterocycles. The van der Waals surface area contributed by atoms with Crippen molar-refractivity contribution in [3.05, 3.63) is 30.1 Å². The molecule has 0 radical (unpaired) electrons. The first kappa shape index (κ1) is 14.8. The maximum Gasteiger partial charge on any atom is 0.0651 e. The average Bonchev–Trinajstić information content (AvgIpc) is 2.33. The quantitative estimate of drug-likeness (QED) is 0.795. The maximum absolute atomic E-state index is 5.58. The highest BCUT2D eigenvalue weighted by molar-refractivity contribution is 5.64. The fourth-order valence-corrected chi connectivity index (χ4v) is 0.943. The smallest absolute Gasteiger partial charge is 0.0651 e. The lowest BCUT2D eigenvalue weighted by molar-refractivity contribution is 0.548. The summed E-state index contributed by atoms with van der Waals surface area (Å²) in [4.78, 5) is 8.36. The largest absolute Gasteiger partial charge is 0.330 e. The summed E-state index contributed by atoms with van der Waals surface area (Å²) in [5, 5.41) is 0. The van der Waals surface area contributed by atoms with E-state index in [0.29, 0.717) is 13.1 Å².